The van der Waals surface area contributed by atoms with Crippen molar-refractivity contribution in [1.29, 1.82) is 0 Å². The van der Waals surface area contributed by atoms with Gasteiger partial charge in [0.1, 0.15) is 0 Å². The smallest absolute Gasteiger partial charge is 0.193 e. The van der Waals surface area contributed by atoms with Gasteiger partial charge in [-0.25, -0.2) is 0 Å². The minimum atomic E-state index is 0.518. The first-order chi connectivity index (χ1) is 11.2. The van der Waals surface area contributed by atoms with Gasteiger partial charge in [0.25, 0.3) is 0 Å². The molecule has 1 aromatic carbocycles. The largest absolute Gasteiger partial charge is 0.370 e. The van der Waals surface area contributed by atoms with Gasteiger partial charge in [-0.2, -0.15) is 0 Å². The van der Waals surface area contributed by atoms with E-state index in [-0.39, 0.29) is 0 Å². The number of rotatable bonds is 7. The highest BCUT2D eigenvalue weighted by atomic mass is 15.1. The van der Waals surface area contributed by atoms with Crippen molar-refractivity contribution in [2.45, 2.75) is 46.0 Å². The van der Waals surface area contributed by atoms with Crippen LogP contribution < -0.4 is 11.1 Å². The Balaban J connectivity index is 1.64. The summed E-state index contributed by atoms with van der Waals surface area (Å²) in [6.07, 6.45) is 6.08. The molecule has 0 spiro atoms. The lowest BCUT2D eigenvalue weighted by Gasteiger charge is -2.30. The molecule has 1 aliphatic rings. The van der Waals surface area contributed by atoms with Crippen LogP contribution in [0.4, 0.5) is 5.69 Å². The maximum absolute atomic E-state index is 5.97. The van der Waals surface area contributed by atoms with Gasteiger partial charge in [-0.3, -0.25) is 4.99 Å². The number of nitrogens with one attached hydrogen (secondary N) is 1. The van der Waals surface area contributed by atoms with Gasteiger partial charge in [0, 0.05) is 18.8 Å². The molecule has 1 atom stereocenters. The number of hydrogen-bond donors (Lipinski definition) is 2. The molecule has 0 aliphatic carbocycles. The number of nitrogens with zero attached hydrogens (tertiary/aromatic N) is 2. The van der Waals surface area contributed by atoms with E-state index in [1.54, 1.807) is 0 Å². The topological polar surface area (TPSA) is 53.6 Å². The minimum Gasteiger partial charge on any atom is -0.370 e. The number of benzene rings is 1. The molecule has 0 amide bonds. The van der Waals surface area contributed by atoms with E-state index in [1.807, 2.05) is 12.1 Å². The Bertz CT molecular complexity index is 498. The third-order valence-electron chi connectivity index (χ3n) is 4.51. The van der Waals surface area contributed by atoms with Crippen LogP contribution in [0.25, 0.3) is 0 Å². The lowest BCUT2D eigenvalue weighted by molar-refractivity contribution is 0.181. The summed E-state index contributed by atoms with van der Waals surface area (Å²) in [7, 11) is 0. The number of aliphatic imine (C=N–C) groups is 1. The minimum absolute atomic E-state index is 0.518. The van der Waals surface area contributed by atoms with Crippen LogP contribution in [-0.4, -0.2) is 37.0 Å². The zero-order valence-electron chi connectivity index (χ0n) is 14.7. The Morgan fingerprint density at radius 1 is 1.39 bits per heavy atom. The zero-order chi connectivity index (χ0) is 16.5. The Morgan fingerprint density at radius 2 is 2.26 bits per heavy atom. The maximum Gasteiger partial charge on any atom is 0.193 e. The van der Waals surface area contributed by atoms with Crippen LogP contribution in [0.5, 0.6) is 0 Å². The van der Waals surface area contributed by atoms with Crippen LogP contribution in [0.2, 0.25) is 0 Å². The summed E-state index contributed by atoms with van der Waals surface area (Å²) < 4.78 is 0. The van der Waals surface area contributed by atoms with Gasteiger partial charge < -0.3 is 16.0 Å². The summed E-state index contributed by atoms with van der Waals surface area (Å²) in [4.78, 5) is 7.03. The Hall–Kier alpha value is -1.55. The van der Waals surface area contributed by atoms with Crippen molar-refractivity contribution in [1.82, 2.24) is 4.90 Å². The molecule has 23 heavy (non-hydrogen) atoms. The molecule has 1 saturated heterocycles. The average Bonchev–Trinajstić information content (AvgIpc) is 2.55. The van der Waals surface area contributed by atoms with Crippen LogP contribution in [0.15, 0.2) is 29.3 Å². The molecule has 0 bridgehead atoms. The quantitative estimate of drug-likeness (QED) is 0.460. The third kappa shape index (κ3) is 6.61. The fourth-order valence-corrected chi connectivity index (χ4v) is 3.19. The number of unbranched alkanes of at least 4 members (excludes halogenated alkanes) is 1. The summed E-state index contributed by atoms with van der Waals surface area (Å²) in [6.45, 7) is 9.04. The fourth-order valence-electron chi connectivity index (χ4n) is 3.19. The Morgan fingerprint density at radius 3 is 3.04 bits per heavy atom. The van der Waals surface area contributed by atoms with Gasteiger partial charge in [-0.15, -0.1) is 0 Å². The van der Waals surface area contributed by atoms with Crippen LogP contribution in [0.1, 0.15) is 45.1 Å². The van der Waals surface area contributed by atoms with Crippen molar-refractivity contribution in [3.8, 4) is 0 Å². The normalized spacial score (nSPS) is 19.7. The molecule has 1 fully saturated rings. The first kappa shape index (κ1) is 17.8. The molecule has 4 nitrogen and oxygen atoms in total. The summed E-state index contributed by atoms with van der Waals surface area (Å²) in [5.74, 6) is 1.38. The highest BCUT2D eigenvalue weighted by Gasteiger charge is 2.15. The average molecular weight is 316 g/mol. The molecule has 128 valence electrons. The van der Waals surface area contributed by atoms with E-state index in [0.29, 0.717) is 5.96 Å². The van der Waals surface area contributed by atoms with E-state index in [2.05, 4.69) is 41.2 Å². The van der Waals surface area contributed by atoms with Crippen molar-refractivity contribution in [3.05, 3.63) is 29.8 Å². The van der Waals surface area contributed by atoms with Crippen molar-refractivity contribution in [2.24, 2.45) is 16.6 Å². The number of piperidine rings is 1. The standard InChI is InChI=1S/C19H32N4/c1-3-17-9-6-10-18(14-17)22-19(20)21-11-4-5-12-23-13-7-8-16(2)15-23/h6,9-10,14,16H,3-5,7-8,11-13,15H2,1-2H3,(H3,20,21,22). The van der Waals surface area contributed by atoms with Crippen molar-refractivity contribution in [2.75, 3.05) is 31.5 Å². The van der Waals surface area contributed by atoms with E-state index in [0.717, 1.165) is 31.0 Å². The lowest BCUT2D eigenvalue weighted by atomic mass is 10.0. The van der Waals surface area contributed by atoms with Gasteiger partial charge in [0.15, 0.2) is 5.96 Å². The SMILES string of the molecule is CCc1cccc(NC(N)=NCCCCN2CCCC(C)C2)c1. The summed E-state index contributed by atoms with van der Waals surface area (Å²) in [6, 6.07) is 8.33. The van der Waals surface area contributed by atoms with Crippen molar-refractivity contribution in [3.63, 3.8) is 0 Å². The number of anilines is 1. The van der Waals surface area contributed by atoms with Crippen molar-refractivity contribution >= 4 is 11.6 Å². The molecule has 0 saturated carbocycles. The molecule has 0 radical (unpaired) electrons. The molecule has 1 heterocycles. The van der Waals surface area contributed by atoms with Gasteiger partial charge >= 0.3 is 0 Å². The third-order valence-corrected chi connectivity index (χ3v) is 4.51. The van der Waals surface area contributed by atoms with Crippen LogP contribution >= 0.6 is 0 Å². The van der Waals surface area contributed by atoms with Gasteiger partial charge in [0.05, 0.1) is 0 Å². The molecule has 1 aromatic rings. The van der Waals surface area contributed by atoms with Crippen LogP contribution in [0, 0.1) is 5.92 Å². The monoisotopic (exact) mass is 316 g/mol. The van der Waals surface area contributed by atoms with Gasteiger partial charge in [-0.1, -0.05) is 26.0 Å². The summed E-state index contributed by atoms with van der Waals surface area (Å²) in [5.41, 5.74) is 8.29. The molecular weight excluding hydrogens is 284 g/mol. The van der Waals surface area contributed by atoms with E-state index in [4.69, 9.17) is 5.73 Å². The first-order valence-electron chi connectivity index (χ1n) is 9.05. The predicted octanol–water partition coefficient (Wildman–Crippen LogP) is 3.49. The summed E-state index contributed by atoms with van der Waals surface area (Å²) >= 11 is 0. The van der Waals surface area contributed by atoms with E-state index < -0.39 is 0 Å². The maximum atomic E-state index is 5.97. The Kier molecular flexibility index (Phi) is 7.40. The number of hydrogen-bond acceptors (Lipinski definition) is 2. The van der Waals surface area contributed by atoms with Crippen molar-refractivity contribution < 1.29 is 0 Å². The van der Waals surface area contributed by atoms with Gasteiger partial charge in [-0.05, 0) is 68.8 Å². The highest BCUT2D eigenvalue weighted by Crippen LogP contribution is 2.15. The Labute approximate surface area is 141 Å². The molecular formula is C19H32N4. The number of guanidine groups is 1. The summed E-state index contributed by atoms with van der Waals surface area (Å²) in [5, 5.41) is 3.18. The zero-order valence-corrected chi connectivity index (χ0v) is 14.7. The van der Waals surface area contributed by atoms with E-state index >= 15 is 0 Å². The van der Waals surface area contributed by atoms with E-state index in [9.17, 15) is 0 Å². The second-order valence-electron chi connectivity index (χ2n) is 6.70. The highest BCUT2D eigenvalue weighted by molar-refractivity contribution is 5.92. The second-order valence-corrected chi connectivity index (χ2v) is 6.70. The lowest BCUT2D eigenvalue weighted by Crippen LogP contribution is -2.35. The number of likely N-dealkylation sites (tertiary alicyclic amines) is 1. The van der Waals surface area contributed by atoms with Gasteiger partial charge in [0.2, 0.25) is 0 Å². The van der Waals surface area contributed by atoms with Crippen LogP contribution in [0.3, 0.4) is 0 Å². The number of nitrogens with two attached hydrogens (primary N) is 1. The predicted molar refractivity (Wildman–Crippen MR) is 100 cm³/mol. The molecule has 4 heteroatoms. The molecule has 3 N–H and O–H groups in total. The second kappa shape index (κ2) is 9.56. The molecule has 1 aliphatic heterocycles. The van der Waals surface area contributed by atoms with E-state index in [1.165, 1.54) is 44.5 Å². The fraction of sp³-hybridized carbons (Fsp3) is 0.632. The first-order valence-corrected chi connectivity index (χ1v) is 9.05. The van der Waals surface area contributed by atoms with Crippen LogP contribution in [-0.2, 0) is 6.42 Å². The molecule has 2 rings (SSSR count). The molecule has 0 aromatic heterocycles. The number of aryl methyl sites for hydroxylation is 1. The molecule has 1 unspecified atom stereocenters.